The van der Waals surface area contributed by atoms with Crippen LogP contribution in [-0.4, -0.2) is 26.8 Å². The van der Waals surface area contributed by atoms with E-state index in [1.807, 2.05) is 24.3 Å². The van der Waals surface area contributed by atoms with Gasteiger partial charge in [-0.25, -0.2) is 4.98 Å². The molecule has 29 heavy (non-hydrogen) atoms. The van der Waals surface area contributed by atoms with Gasteiger partial charge in [-0.05, 0) is 35.7 Å². The first-order chi connectivity index (χ1) is 13.9. The Balaban J connectivity index is 1.47. The average Bonchev–Trinajstić information content (AvgIpc) is 3.16. The molecule has 152 valence electrons. The van der Waals surface area contributed by atoms with Gasteiger partial charge < -0.3 is 10.1 Å². The van der Waals surface area contributed by atoms with Gasteiger partial charge in [0.2, 0.25) is 11.1 Å². The molecular weight excluding hydrogens is 431 g/mol. The van der Waals surface area contributed by atoms with Crippen molar-refractivity contribution in [1.82, 2.24) is 15.2 Å². The molecule has 0 aliphatic rings. The summed E-state index contributed by atoms with van der Waals surface area (Å²) in [5.41, 5.74) is 1.73. The van der Waals surface area contributed by atoms with E-state index in [1.54, 1.807) is 18.2 Å². The van der Waals surface area contributed by atoms with Crippen LogP contribution in [0.25, 0.3) is 0 Å². The number of hydrogen-bond donors (Lipinski definition) is 2. The molecule has 2 aromatic carbocycles. The van der Waals surface area contributed by atoms with E-state index in [1.165, 1.54) is 17.3 Å². The van der Waals surface area contributed by atoms with Gasteiger partial charge >= 0.3 is 0 Å². The van der Waals surface area contributed by atoms with Crippen LogP contribution in [0.4, 0.5) is 5.69 Å². The fourth-order valence-electron chi connectivity index (χ4n) is 2.42. The number of aromatic nitrogens is 3. The second-order valence-corrected chi connectivity index (χ2v) is 8.24. The summed E-state index contributed by atoms with van der Waals surface area (Å²) < 4.78 is 5.72. The lowest BCUT2D eigenvalue weighted by Crippen LogP contribution is -2.14. The number of hydrogen-bond acceptors (Lipinski definition) is 5. The van der Waals surface area contributed by atoms with Gasteiger partial charge in [0.25, 0.3) is 0 Å². The molecule has 2 N–H and O–H groups in total. The van der Waals surface area contributed by atoms with E-state index >= 15 is 0 Å². The Bertz CT molecular complexity index is 977. The summed E-state index contributed by atoms with van der Waals surface area (Å²) in [5, 5.41) is 10.8. The van der Waals surface area contributed by atoms with Crippen molar-refractivity contribution < 1.29 is 9.53 Å². The van der Waals surface area contributed by atoms with Crippen molar-refractivity contribution in [3.8, 4) is 5.75 Å². The lowest BCUT2D eigenvalue weighted by atomic mass is 10.0. The normalized spacial score (nSPS) is 10.9. The number of H-pyrrole nitrogens is 1. The summed E-state index contributed by atoms with van der Waals surface area (Å²) in [6.07, 6.45) is 0. The Labute approximate surface area is 183 Å². The van der Waals surface area contributed by atoms with Crippen LogP contribution >= 0.6 is 35.0 Å². The topological polar surface area (TPSA) is 79.9 Å². The van der Waals surface area contributed by atoms with Crippen molar-refractivity contribution in [2.45, 2.75) is 31.5 Å². The number of ether oxygens (including phenoxy) is 1. The van der Waals surface area contributed by atoms with Gasteiger partial charge in [0, 0.05) is 0 Å². The van der Waals surface area contributed by atoms with Gasteiger partial charge in [0.15, 0.2) is 5.82 Å². The maximum absolute atomic E-state index is 12.1. The maximum Gasteiger partial charge on any atom is 0.234 e. The minimum absolute atomic E-state index is 0.137. The smallest absolute Gasteiger partial charge is 0.234 e. The minimum Gasteiger partial charge on any atom is -0.486 e. The molecule has 6 nitrogen and oxygen atoms in total. The molecule has 0 spiro atoms. The molecule has 0 atom stereocenters. The molecule has 0 aliphatic heterocycles. The quantitative estimate of drug-likeness (QED) is 0.440. The summed E-state index contributed by atoms with van der Waals surface area (Å²) in [6.45, 7) is 4.56. The van der Waals surface area contributed by atoms with E-state index in [9.17, 15) is 4.79 Å². The summed E-state index contributed by atoms with van der Waals surface area (Å²) in [4.78, 5) is 16.4. The predicted octanol–water partition coefficient (Wildman–Crippen LogP) is 5.54. The largest absolute Gasteiger partial charge is 0.486 e. The van der Waals surface area contributed by atoms with Gasteiger partial charge in [0.05, 0.1) is 21.5 Å². The number of carbonyl (C=O) groups excluding carboxylic acids is 1. The molecule has 0 unspecified atom stereocenters. The molecule has 0 bridgehead atoms. The van der Waals surface area contributed by atoms with Gasteiger partial charge in [0.1, 0.15) is 12.4 Å². The number of thioether (sulfide) groups is 1. The first-order valence-electron chi connectivity index (χ1n) is 8.93. The molecule has 0 fully saturated rings. The highest BCUT2D eigenvalue weighted by molar-refractivity contribution is 7.99. The zero-order valence-corrected chi connectivity index (χ0v) is 18.2. The zero-order valence-electron chi connectivity index (χ0n) is 15.9. The minimum atomic E-state index is -0.230. The second kappa shape index (κ2) is 10.0. The molecule has 0 saturated carbocycles. The van der Waals surface area contributed by atoms with E-state index in [0.717, 1.165) is 5.75 Å². The number of benzene rings is 2. The Morgan fingerprint density at radius 1 is 1.21 bits per heavy atom. The number of nitrogens with zero attached hydrogens (tertiary/aromatic N) is 2. The zero-order chi connectivity index (χ0) is 20.8. The molecule has 3 aromatic rings. The number of nitrogens with one attached hydrogen (secondary N) is 2. The molecule has 0 saturated heterocycles. The predicted molar refractivity (Wildman–Crippen MR) is 117 cm³/mol. The van der Waals surface area contributed by atoms with Gasteiger partial charge in [-0.15, -0.1) is 5.10 Å². The molecular formula is C20H20Cl2N4O2S. The molecule has 9 heteroatoms. The standard InChI is InChI=1S/C20H20Cl2N4O2S/c1-12(2)13-6-8-14(9-7-13)28-10-17-24-20(26-25-17)29-11-18(27)23-16-5-3-4-15(21)19(16)22/h3-9,12H,10-11H2,1-2H3,(H,23,27)(H,24,25,26). The summed E-state index contributed by atoms with van der Waals surface area (Å²) >= 11 is 13.2. The lowest BCUT2D eigenvalue weighted by molar-refractivity contribution is -0.113. The number of carbonyl (C=O) groups is 1. The first kappa shape index (κ1) is 21.5. The van der Waals surface area contributed by atoms with Crippen molar-refractivity contribution in [1.29, 1.82) is 0 Å². The van der Waals surface area contributed by atoms with Crippen LogP contribution in [0.5, 0.6) is 5.75 Å². The third kappa shape index (κ3) is 6.13. The van der Waals surface area contributed by atoms with E-state index in [-0.39, 0.29) is 18.3 Å². The van der Waals surface area contributed by atoms with Crippen LogP contribution in [-0.2, 0) is 11.4 Å². The molecule has 3 rings (SSSR count). The molecule has 1 amide bonds. The Morgan fingerprint density at radius 2 is 1.97 bits per heavy atom. The number of rotatable bonds is 8. The van der Waals surface area contributed by atoms with E-state index < -0.39 is 0 Å². The molecule has 0 aliphatic carbocycles. The highest BCUT2D eigenvalue weighted by Crippen LogP contribution is 2.29. The SMILES string of the molecule is CC(C)c1ccc(OCc2nc(SCC(=O)Nc3cccc(Cl)c3Cl)n[nH]2)cc1. The van der Waals surface area contributed by atoms with Gasteiger partial charge in [-0.3, -0.25) is 9.89 Å². The van der Waals surface area contributed by atoms with Crippen molar-refractivity contribution in [3.05, 3.63) is 63.9 Å². The number of anilines is 1. The highest BCUT2D eigenvalue weighted by atomic mass is 35.5. The molecule has 1 heterocycles. The number of halogens is 2. The van der Waals surface area contributed by atoms with Crippen LogP contribution in [0.3, 0.4) is 0 Å². The summed E-state index contributed by atoms with van der Waals surface area (Å²) in [6, 6.07) is 13.0. The van der Waals surface area contributed by atoms with E-state index in [2.05, 4.69) is 34.3 Å². The van der Waals surface area contributed by atoms with Crippen LogP contribution < -0.4 is 10.1 Å². The fraction of sp³-hybridized carbons (Fsp3) is 0.250. The Hall–Kier alpha value is -2.22. The van der Waals surface area contributed by atoms with Crippen molar-refractivity contribution in [2.24, 2.45) is 0 Å². The molecule has 0 radical (unpaired) electrons. The van der Waals surface area contributed by atoms with Crippen LogP contribution in [0, 0.1) is 0 Å². The van der Waals surface area contributed by atoms with E-state index in [4.69, 9.17) is 27.9 Å². The van der Waals surface area contributed by atoms with Gasteiger partial charge in [-0.2, -0.15) is 0 Å². The summed E-state index contributed by atoms with van der Waals surface area (Å²) in [5.74, 6) is 1.73. The number of amides is 1. The maximum atomic E-state index is 12.1. The van der Waals surface area contributed by atoms with Crippen molar-refractivity contribution in [3.63, 3.8) is 0 Å². The fourth-order valence-corrected chi connectivity index (χ4v) is 3.39. The number of aromatic amines is 1. The third-order valence-corrected chi connectivity index (χ3v) is 5.66. The van der Waals surface area contributed by atoms with Crippen LogP contribution in [0.1, 0.15) is 31.2 Å². The monoisotopic (exact) mass is 450 g/mol. The second-order valence-electron chi connectivity index (χ2n) is 6.52. The average molecular weight is 451 g/mol. The lowest BCUT2D eigenvalue weighted by Gasteiger charge is -2.07. The van der Waals surface area contributed by atoms with Crippen molar-refractivity contribution >= 4 is 46.6 Å². The van der Waals surface area contributed by atoms with Gasteiger partial charge in [-0.1, -0.05) is 67.0 Å². The first-order valence-corrected chi connectivity index (χ1v) is 10.7. The Morgan fingerprint density at radius 3 is 2.69 bits per heavy atom. The third-order valence-electron chi connectivity index (χ3n) is 3.99. The Kier molecular flexibility index (Phi) is 7.41. The van der Waals surface area contributed by atoms with Crippen LogP contribution in [0.15, 0.2) is 47.6 Å². The van der Waals surface area contributed by atoms with E-state index in [0.29, 0.717) is 32.6 Å². The molecule has 1 aromatic heterocycles. The highest BCUT2D eigenvalue weighted by Gasteiger charge is 2.11. The van der Waals surface area contributed by atoms with Crippen LogP contribution in [0.2, 0.25) is 10.0 Å². The van der Waals surface area contributed by atoms with Crippen molar-refractivity contribution in [2.75, 3.05) is 11.1 Å². The summed E-state index contributed by atoms with van der Waals surface area (Å²) in [7, 11) is 0.